The molecule has 0 saturated heterocycles. The minimum Gasteiger partial charge on any atom is -0.361 e. The molecule has 1 aliphatic heterocycles. The maximum Gasteiger partial charge on any atom is 0.261 e. The fourth-order valence-electron chi connectivity index (χ4n) is 3.15. The Morgan fingerprint density at radius 3 is 2.42 bits per heavy atom. The van der Waals surface area contributed by atoms with Crippen LogP contribution in [0.1, 0.15) is 39.4 Å². The smallest absolute Gasteiger partial charge is 0.261 e. The quantitative estimate of drug-likeness (QED) is 0.726. The highest BCUT2D eigenvalue weighted by molar-refractivity contribution is 6.11. The van der Waals surface area contributed by atoms with Crippen LogP contribution in [0.5, 0.6) is 0 Å². The van der Waals surface area contributed by atoms with Gasteiger partial charge in [-0.25, -0.2) is 4.98 Å². The summed E-state index contributed by atoms with van der Waals surface area (Å²) in [7, 11) is 0. The summed E-state index contributed by atoms with van der Waals surface area (Å²) < 4.78 is 0. The number of amides is 1. The number of ketones is 1. The third-order valence-electron chi connectivity index (χ3n) is 4.45. The number of carbonyl (C=O) groups excluding carboxylic acids is 2. The number of hydrogen-bond donors (Lipinski definition) is 1. The third kappa shape index (κ3) is 2.73. The van der Waals surface area contributed by atoms with Gasteiger partial charge in [-0.1, -0.05) is 24.3 Å². The highest BCUT2D eigenvalue weighted by atomic mass is 16.2. The molecule has 0 saturated carbocycles. The van der Waals surface area contributed by atoms with Crippen molar-refractivity contribution in [2.24, 2.45) is 0 Å². The number of benzene rings is 2. The summed E-state index contributed by atoms with van der Waals surface area (Å²) in [5.74, 6) is 0.525. The molecule has 128 valence electrons. The van der Waals surface area contributed by atoms with E-state index in [0.29, 0.717) is 16.9 Å². The third-order valence-corrected chi connectivity index (χ3v) is 4.45. The Bertz CT molecular complexity index is 968. The van der Waals surface area contributed by atoms with E-state index >= 15 is 0 Å². The molecule has 1 aromatic heterocycles. The van der Waals surface area contributed by atoms with Gasteiger partial charge in [-0.15, -0.1) is 0 Å². The molecule has 0 spiro atoms. The van der Waals surface area contributed by atoms with Crippen molar-refractivity contribution in [2.45, 2.75) is 13.1 Å². The van der Waals surface area contributed by atoms with E-state index in [1.807, 2.05) is 54.6 Å². The molecular weight excluding hydrogens is 326 g/mol. The largest absolute Gasteiger partial charge is 0.361 e. The van der Waals surface area contributed by atoms with E-state index in [-0.39, 0.29) is 17.9 Å². The first kappa shape index (κ1) is 16.0. The van der Waals surface area contributed by atoms with Gasteiger partial charge < -0.3 is 5.32 Å². The number of carbonyl (C=O) groups is 2. The lowest BCUT2D eigenvalue weighted by molar-refractivity contribution is 0.0989. The zero-order chi connectivity index (χ0) is 18.1. The van der Waals surface area contributed by atoms with Crippen molar-refractivity contribution in [1.82, 2.24) is 4.98 Å². The normalized spacial score (nSPS) is 15.7. The number of nitrogens with zero attached hydrogens (tertiary/aromatic N) is 2. The average molecular weight is 343 g/mol. The molecule has 2 heterocycles. The summed E-state index contributed by atoms with van der Waals surface area (Å²) in [5, 5.41) is 3.40. The van der Waals surface area contributed by atoms with Crippen LogP contribution in [0.2, 0.25) is 0 Å². The van der Waals surface area contributed by atoms with E-state index in [2.05, 4.69) is 10.3 Å². The van der Waals surface area contributed by atoms with Crippen LogP contribution in [-0.2, 0) is 0 Å². The Labute approximate surface area is 151 Å². The molecule has 3 aromatic rings. The predicted molar refractivity (Wildman–Crippen MR) is 100 cm³/mol. The first-order valence-corrected chi connectivity index (χ1v) is 8.36. The van der Waals surface area contributed by atoms with Crippen molar-refractivity contribution in [3.8, 4) is 0 Å². The van der Waals surface area contributed by atoms with Crippen LogP contribution in [-0.4, -0.2) is 16.7 Å². The summed E-state index contributed by atoms with van der Waals surface area (Å²) in [6, 6.07) is 20.3. The first-order valence-electron chi connectivity index (χ1n) is 8.36. The molecule has 5 heteroatoms. The van der Waals surface area contributed by atoms with Crippen molar-refractivity contribution in [2.75, 3.05) is 10.2 Å². The van der Waals surface area contributed by atoms with Crippen molar-refractivity contribution >= 4 is 23.2 Å². The van der Waals surface area contributed by atoms with Gasteiger partial charge >= 0.3 is 0 Å². The molecule has 1 amide bonds. The van der Waals surface area contributed by atoms with Crippen molar-refractivity contribution in [3.63, 3.8) is 0 Å². The molecule has 2 aromatic carbocycles. The van der Waals surface area contributed by atoms with Gasteiger partial charge in [0.2, 0.25) is 0 Å². The van der Waals surface area contributed by atoms with Crippen LogP contribution in [0.4, 0.5) is 11.5 Å². The second-order valence-electron chi connectivity index (χ2n) is 6.13. The Hall–Kier alpha value is -3.47. The molecule has 0 fully saturated rings. The molecule has 0 bridgehead atoms. The van der Waals surface area contributed by atoms with Crippen LogP contribution in [0, 0.1) is 0 Å². The number of hydrogen-bond acceptors (Lipinski definition) is 4. The van der Waals surface area contributed by atoms with Crippen LogP contribution in [0.25, 0.3) is 0 Å². The van der Waals surface area contributed by atoms with Crippen molar-refractivity contribution < 1.29 is 9.59 Å². The minimum absolute atomic E-state index is 0.0213. The van der Waals surface area contributed by atoms with Crippen LogP contribution >= 0.6 is 0 Å². The number of anilines is 2. The first-order chi connectivity index (χ1) is 12.6. The number of fused-ring (bicyclic) bond motifs is 1. The number of aromatic nitrogens is 1. The molecule has 1 N–H and O–H groups in total. The lowest BCUT2D eigenvalue weighted by Gasteiger charge is -2.26. The summed E-state index contributed by atoms with van der Waals surface area (Å²) >= 11 is 0. The molecule has 5 nitrogen and oxygen atoms in total. The van der Waals surface area contributed by atoms with E-state index in [0.717, 1.165) is 11.3 Å². The van der Waals surface area contributed by atoms with Gasteiger partial charge in [-0.05, 0) is 49.4 Å². The SMILES string of the molecule is CC(=O)c1ccc(N[C@H]2c3ccccc3C(=O)N2c2ccccn2)cc1. The van der Waals surface area contributed by atoms with Crippen LogP contribution < -0.4 is 10.2 Å². The summed E-state index contributed by atoms with van der Waals surface area (Å²) in [4.78, 5) is 30.4. The Morgan fingerprint density at radius 2 is 1.73 bits per heavy atom. The molecular formula is C21H17N3O2. The number of pyridine rings is 1. The predicted octanol–water partition coefficient (Wildman–Crippen LogP) is 4.06. The van der Waals surface area contributed by atoms with E-state index in [4.69, 9.17) is 0 Å². The molecule has 0 unspecified atom stereocenters. The Kier molecular flexibility index (Phi) is 3.97. The van der Waals surface area contributed by atoms with Gasteiger partial charge in [0, 0.05) is 28.6 Å². The fourth-order valence-corrected chi connectivity index (χ4v) is 3.15. The maximum atomic E-state index is 12.9. The zero-order valence-electron chi connectivity index (χ0n) is 14.2. The van der Waals surface area contributed by atoms with Gasteiger partial charge in [0.05, 0.1) is 0 Å². The van der Waals surface area contributed by atoms with Crippen LogP contribution in [0.15, 0.2) is 72.9 Å². The number of nitrogens with one attached hydrogen (secondary N) is 1. The van der Waals surface area contributed by atoms with E-state index in [1.54, 1.807) is 23.2 Å². The second kappa shape index (κ2) is 6.44. The Balaban J connectivity index is 1.73. The van der Waals surface area contributed by atoms with Gasteiger partial charge in [-0.2, -0.15) is 0 Å². The number of rotatable bonds is 4. The average Bonchev–Trinajstić information content (AvgIpc) is 2.95. The van der Waals surface area contributed by atoms with E-state index in [9.17, 15) is 9.59 Å². The second-order valence-corrected chi connectivity index (χ2v) is 6.13. The lowest BCUT2D eigenvalue weighted by atomic mass is 10.1. The molecule has 0 aliphatic carbocycles. The maximum absolute atomic E-state index is 12.9. The number of Topliss-reactive ketones (excluding diaryl/α,β-unsaturated/α-hetero) is 1. The molecule has 1 aliphatic rings. The molecule has 1 atom stereocenters. The highest BCUT2D eigenvalue weighted by Gasteiger charge is 2.38. The van der Waals surface area contributed by atoms with Gasteiger partial charge in [0.15, 0.2) is 5.78 Å². The molecule has 4 rings (SSSR count). The topological polar surface area (TPSA) is 62.3 Å². The van der Waals surface area contributed by atoms with Crippen molar-refractivity contribution in [1.29, 1.82) is 0 Å². The molecule has 26 heavy (non-hydrogen) atoms. The molecule has 0 radical (unpaired) electrons. The summed E-state index contributed by atoms with van der Waals surface area (Å²) in [6.07, 6.45) is 1.31. The highest BCUT2D eigenvalue weighted by Crippen LogP contribution is 2.37. The van der Waals surface area contributed by atoms with Gasteiger partial charge in [0.1, 0.15) is 12.0 Å². The summed E-state index contributed by atoms with van der Waals surface area (Å²) in [6.45, 7) is 1.54. The van der Waals surface area contributed by atoms with E-state index in [1.165, 1.54) is 6.92 Å². The standard InChI is InChI=1S/C21H17N3O2/c1-14(25)15-9-11-16(12-10-15)23-20-17-6-2-3-7-18(17)21(26)24(20)19-8-4-5-13-22-19/h2-13,20,23H,1H3/t20-/m1/s1. The Morgan fingerprint density at radius 1 is 1.00 bits per heavy atom. The van der Waals surface area contributed by atoms with Crippen molar-refractivity contribution in [3.05, 3.63) is 89.6 Å². The van der Waals surface area contributed by atoms with Crippen LogP contribution in [0.3, 0.4) is 0 Å². The summed E-state index contributed by atoms with van der Waals surface area (Å²) in [5.41, 5.74) is 3.04. The van der Waals surface area contributed by atoms with E-state index < -0.39 is 0 Å². The van der Waals surface area contributed by atoms with Gasteiger partial charge in [-0.3, -0.25) is 14.5 Å². The lowest BCUT2D eigenvalue weighted by Crippen LogP contribution is -2.32. The van der Waals surface area contributed by atoms with Gasteiger partial charge in [0.25, 0.3) is 5.91 Å². The zero-order valence-corrected chi connectivity index (χ0v) is 14.2. The fraction of sp³-hybridized carbons (Fsp3) is 0.0952. The minimum atomic E-state index is -0.364. The monoisotopic (exact) mass is 343 g/mol.